The second-order valence-electron chi connectivity index (χ2n) is 11.6. The Hall–Kier alpha value is -6.08. The molecular formula is C38H35F2N3O8. The minimum Gasteiger partial charge on any atom is -0.494 e. The van der Waals surface area contributed by atoms with Crippen molar-refractivity contribution in [3.63, 3.8) is 0 Å². The molecule has 0 aromatic heterocycles. The first-order valence-corrected chi connectivity index (χ1v) is 16.1. The Bertz CT molecular complexity index is 1740. The Labute approximate surface area is 293 Å². The van der Waals surface area contributed by atoms with E-state index in [0.717, 1.165) is 11.0 Å². The molecule has 3 atom stereocenters. The number of nitrogens with zero attached hydrogens (tertiary/aromatic N) is 3. The molecule has 1 heterocycles. The molecule has 1 saturated carbocycles. The van der Waals surface area contributed by atoms with Crippen LogP contribution in [0.5, 0.6) is 11.5 Å². The van der Waals surface area contributed by atoms with Crippen LogP contribution in [0.25, 0.3) is 4.85 Å². The van der Waals surface area contributed by atoms with Gasteiger partial charge in [0, 0.05) is 37.6 Å². The topological polar surface area (TPSA) is 137 Å². The molecule has 1 fully saturated rings. The van der Waals surface area contributed by atoms with Crippen molar-refractivity contribution in [1.29, 1.82) is 5.26 Å². The molecule has 51 heavy (non-hydrogen) atoms. The largest absolute Gasteiger partial charge is 0.494 e. The van der Waals surface area contributed by atoms with Gasteiger partial charge in [0.25, 0.3) is 23.4 Å². The highest BCUT2D eigenvalue weighted by Crippen LogP contribution is 2.47. The number of carbonyl (C=O) groups excluding carboxylic acids is 4. The van der Waals surface area contributed by atoms with Gasteiger partial charge >= 0.3 is 11.9 Å². The molecule has 11 nitrogen and oxygen atoms in total. The van der Waals surface area contributed by atoms with Gasteiger partial charge in [0.05, 0.1) is 38.0 Å². The molecule has 4 rings (SSSR count). The number of carbonyl (C=O) groups is 4. The van der Waals surface area contributed by atoms with Crippen LogP contribution in [0.15, 0.2) is 97.3 Å². The van der Waals surface area contributed by atoms with E-state index in [1.54, 1.807) is 36.4 Å². The Balaban J connectivity index is 1.38. The van der Waals surface area contributed by atoms with Crippen molar-refractivity contribution in [3.8, 4) is 17.6 Å². The summed E-state index contributed by atoms with van der Waals surface area (Å²) >= 11 is 0. The number of allylic oxidation sites excluding steroid dienone is 4. The third-order valence-electron chi connectivity index (χ3n) is 8.12. The van der Waals surface area contributed by atoms with Gasteiger partial charge in [-0.2, -0.15) is 0 Å². The van der Waals surface area contributed by atoms with Crippen LogP contribution in [0.2, 0.25) is 0 Å². The second-order valence-corrected chi connectivity index (χ2v) is 11.6. The first kappa shape index (κ1) is 37.7. The van der Waals surface area contributed by atoms with Gasteiger partial charge < -0.3 is 18.9 Å². The molecule has 2 aromatic rings. The maximum absolute atomic E-state index is 15.7. The van der Waals surface area contributed by atoms with Crippen LogP contribution in [0.3, 0.4) is 0 Å². The lowest BCUT2D eigenvalue weighted by molar-refractivity contribution is -0.147. The molecule has 3 unspecified atom stereocenters. The molecule has 0 N–H and O–H groups in total. The molecule has 2 amide bonds. The number of halogens is 2. The summed E-state index contributed by atoms with van der Waals surface area (Å²) in [5.41, 5.74) is 0.468. The highest BCUT2D eigenvalue weighted by Gasteiger charge is 2.51. The zero-order valence-electron chi connectivity index (χ0n) is 27.5. The lowest BCUT2D eigenvalue weighted by atomic mass is 9.72. The fourth-order valence-electron chi connectivity index (χ4n) is 5.50. The maximum atomic E-state index is 15.7. The highest BCUT2D eigenvalue weighted by atomic mass is 19.3. The summed E-state index contributed by atoms with van der Waals surface area (Å²) in [6.45, 7) is 11.2. The van der Waals surface area contributed by atoms with Gasteiger partial charge in [-0.1, -0.05) is 30.9 Å². The third kappa shape index (κ3) is 10.7. The summed E-state index contributed by atoms with van der Waals surface area (Å²) in [5, 5.41) is 9.10. The molecule has 0 bridgehead atoms. The monoisotopic (exact) mass is 699 g/mol. The molecule has 13 heteroatoms. The fourth-order valence-corrected chi connectivity index (χ4v) is 5.50. The Morgan fingerprint density at radius 2 is 1.63 bits per heavy atom. The fraction of sp³-hybridized carbons (Fsp3) is 0.316. The van der Waals surface area contributed by atoms with Crippen molar-refractivity contribution < 1.29 is 46.9 Å². The average Bonchev–Trinajstić information content (AvgIpc) is 3.45. The number of esters is 2. The zero-order valence-corrected chi connectivity index (χ0v) is 27.5. The predicted octanol–water partition coefficient (Wildman–Crippen LogP) is 6.12. The van der Waals surface area contributed by atoms with E-state index in [-0.39, 0.29) is 55.9 Å². The Morgan fingerprint density at radius 1 is 1.00 bits per heavy atom. The van der Waals surface area contributed by atoms with Gasteiger partial charge in [0.1, 0.15) is 11.5 Å². The highest BCUT2D eigenvalue weighted by molar-refractivity contribution is 6.12. The minimum atomic E-state index is -3.39. The van der Waals surface area contributed by atoms with Crippen molar-refractivity contribution >= 4 is 23.8 Å². The standard InChI is InChI=1S/C38H35F2N3O8/c1-3-36(46)50-22-6-21-49-30-13-9-26(10-14-30)32-24-38(39,40)33(23-28(32)7-4-8-29(25-41)42-2)51-37(47)27-11-15-31(16-12-27)48-20-5-19-43-34(44)17-18-35(43)45/h3-4,7-18,28,32-33H,1,5-6,19-24H2/b7-4+,29-8-. The van der Waals surface area contributed by atoms with Crippen molar-refractivity contribution in [2.24, 2.45) is 5.92 Å². The zero-order chi connectivity index (χ0) is 36.8. The number of nitriles is 1. The molecule has 0 saturated heterocycles. The van der Waals surface area contributed by atoms with E-state index < -0.39 is 42.2 Å². The number of hydrogen-bond donors (Lipinski definition) is 0. The predicted molar refractivity (Wildman–Crippen MR) is 179 cm³/mol. The second kappa shape index (κ2) is 18.1. The van der Waals surface area contributed by atoms with E-state index in [2.05, 4.69) is 11.4 Å². The smallest absolute Gasteiger partial charge is 0.338 e. The van der Waals surface area contributed by atoms with E-state index >= 15 is 8.78 Å². The van der Waals surface area contributed by atoms with Crippen molar-refractivity contribution in [3.05, 3.63) is 120 Å². The van der Waals surface area contributed by atoms with Crippen molar-refractivity contribution in [1.82, 2.24) is 4.90 Å². The van der Waals surface area contributed by atoms with Crippen molar-refractivity contribution in [2.45, 2.75) is 43.6 Å². The minimum absolute atomic E-state index is 0.0415. The van der Waals surface area contributed by atoms with Crippen LogP contribution in [0.4, 0.5) is 8.78 Å². The first-order chi connectivity index (χ1) is 24.5. The summed E-state index contributed by atoms with van der Waals surface area (Å²) in [6, 6.07) is 14.2. The Kier molecular flexibility index (Phi) is 13.4. The average molecular weight is 700 g/mol. The molecule has 2 aromatic carbocycles. The van der Waals surface area contributed by atoms with E-state index in [4.69, 9.17) is 30.8 Å². The molecule has 1 aliphatic carbocycles. The molecule has 264 valence electrons. The van der Waals surface area contributed by atoms with Crippen molar-refractivity contribution in [2.75, 3.05) is 26.4 Å². The third-order valence-corrected chi connectivity index (χ3v) is 8.12. The summed E-state index contributed by atoms with van der Waals surface area (Å²) in [5.74, 6) is -5.96. The molecular weight excluding hydrogens is 664 g/mol. The number of hydrogen-bond acceptors (Lipinski definition) is 9. The lowest BCUT2D eigenvalue weighted by Gasteiger charge is -2.40. The van der Waals surface area contributed by atoms with E-state index in [1.807, 2.05) is 0 Å². The number of imide groups is 1. The summed E-state index contributed by atoms with van der Waals surface area (Å²) in [7, 11) is 0. The quantitative estimate of drug-likeness (QED) is 0.0386. The molecule has 1 aliphatic heterocycles. The van der Waals surface area contributed by atoms with Crippen LogP contribution < -0.4 is 9.47 Å². The van der Waals surface area contributed by atoms with Gasteiger partial charge in [0.15, 0.2) is 6.10 Å². The van der Waals surface area contributed by atoms with Gasteiger partial charge in [-0.05, 0) is 72.7 Å². The summed E-state index contributed by atoms with van der Waals surface area (Å²) < 4.78 is 52.9. The van der Waals surface area contributed by atoms with Crippen LogP contribution in [-0.4, -0.2) is 67.0 Å². The number of ether oxygens (including phenoxy) is 4. The van der Waals surface area contributed by atoms with E-state index in [0.29, 0.717) is 29.9 Å². The number of alkyl halides is 2. The Morgan fingerprint density at radius 3 is 2.24 bits per heavy atom. The van der Waals surface area contributed by atoms with E-state index in [1.165, 1.54) is 48.6 Å². The van der Waals surface area contributed by atoms with Crippen LogP contribution in [0.1, 0.15) is 47.5 Å². The lowest BCUT2D eigenvalue weighted by Crippen LogP contribution is -2.45. The number of rotatable bonds is 16. The molecule has 0 radical (unpaired) electrons. The van der Waals surface area contributed by atoms with E-state index in [9.17, 15) is 19.2 Å². The SMILES string of the molecule is [C-]#[N+]/C(C#N)=C\C=C\C1CC(OC(=O)c2ccc(OCCCN3C(=O)C=CC3=O)cc2)C(F)(F)CC1c1ccc(OCCCOC(=O)C=C)cc1. The number of benzene rings is 2. The van der Waals surface area contributed by atoms with Gasteiger partial charge in [-0.25, -0.2) is 28.5 Å². The number of amides is 2. The van der Waals surface area contributed by atoms with Crippen LogP contribution in [-0.2, 0) is 23.9 Å². The first-order valence-electron chi connectivity index (χ1n) is 16.1. The van der Waals surface area contributed by atoms with Gasteiger partial charge in [-0.3, -0.25) is 14.5 Å². The summed E-state index contributed by atoms with van der Waals surface area (Å²) in [6.07, 6.45) is 6.09. The maximum Gasteiger partial charge on any atom is 0.338 e. The molecule has 0 spiro atoms. The van der Waals surface area contributed by atoms with Crippen LogP contribution in [0, 0.1) is 23.8 Å². The molecule has 2 aliphatic rings. The van der Waals surface area contributed by atoms with Gasteiger partial charge in [0.2, 0.25) is 0 Å². The normalized spacial score (nSPS) is 19.6. The van der Waals surface area contributed by atoms with Gasteiger partial charge in [-0.15, -0.1) is 0 Å². The summed E-state index contributed by atoms with van der Waals surface area (Å²) in [4.78, 5) is 51.7. The van der Waals surface area contributed by atoms with Crippen LogP contribution >= 0.6 is 0 Å².